The lowest BCUT2D eigenvalue weighted by molar-refractivity contribution is 0.336. The molecule has 0 amide bonds. The fourth-order valence-electron chi connectivity index (χ4n) is 2.90. The lowest BCUT2D eigenvalue weighted by atomic mass is 9.68. The first-order chi connectivity index (χ1) is 12.2. The van der Waals surface area contributed by atoms with Crippen LogP contribution in [0.2, 0.25) is 0 Å². The molecule has 2 aromatic carbocycles. The average molecular weight is 386 g/mol. The van der Waals surface area contributed by atoms with Gasteiger partial charge < -0.3 is 9.63 Å². The van der Waals surface area contributed by atoms with Gasteiger partial charge in [0.1, 0.15) is 19.3 Å². The van der Waals surface area contributed by atoms with Gasteiger partial charge in [-0.05, 0) is 40.8 Å². The fraction of sp³-hybridized carbons (Fsp3) is 0.455. The Morgan fingerprint density at radius 1 is 0.852 bits per heavy atom. The zero-order valence-electron chi connectivity index (χ0n) is 17.8. The van der Waals surface area contributed by atoms with Crippen molar-refractivity contribution in [2.24, 2.45) is 5.41 Å². The van der Waals surface area contributed by atoms with Crippen LogP contribution >= 0.6 is 7.37 Å². The van der Waals surface area contributed by atoms with Crippen LogP contribution in [0.25, 0.3) is 0 Å². The summed E-state index contributed by atoms with van der Waals surface area (Å²) in [6.07, 6.45) is 0. The number of benzene rings is 2. The Morgan fingerprint density at radius 3 is 1.67 bits per heavy atom. The van der Waals surface area contributed by atoms with Gasteiger partial charge in [-0.15, -0.1) is 0 Å². The van der Waals surface area contributed by atoms with Crippen LogP contribution in [-0.4, -0.2) is 24.7 Å². The van der Waals surface area contributed by atoms with E-state index in [-0.39, 0.29) is 16.6 Å². The van der Waals surface area contributed by atoms with E-state index in [1.54, 1.807) is 18.8 Å². The van der Waals surface area contributed by atoms with E-state index in [2.05, 4.69) is 34.6 Å². The van der Waals surface area contributed by atoms with Crippen molar-refractivity contribution < 1.29 is 14.2 Å². The lowest BCUT2D eigenvalue weighted by Crippen LogP contribution is -2.41. The van der Waals surface area contributed by atoms with E-state index in [4.69, 9.17) is 4.52 Å². The molecule has 0 aliphatic heterocycles. The third-order valence-corrected chi connectivity index (χ3v) is 9.56. The molecule has 27 heavy (non-hydrogen) atoms. The maximum atomic E-state index is 13.3. The Bertz CT molecular complexity index is 831. The standard InChI is InChI=1S/C22H32BO3P/c1-20(2,3)22(6,23)27(7,25)26-19-14-10-17(11-15-19)21(4,5)16-8-12-18(24)13-9-16/h8-15,24H,23H2,1-7H3. The van der Waals surface area contributed by atoms with Crippen molar-refractivity contribution in [3.8, 4) is 11.5 Å². The molecule has 0 spiro atoms. The van der Waals surface area contributed by atoms with E-state index >= 15 is 0 Å². The van der Waals surface area contributed by atoms with Crippen LogP contribution in [0.1, 0.15) is 52.7 Å². The molecule has 2 unspecified atom stereocenters. The largest absolute Gasteiger partial charge is 0.508 e. The first-order valence-electron chi connectivity index (χ1n) is 9.36. The van der Waals surface area contributed by atoms with Gasteiger partial charge in [0.05, 0.1) is 0 Å². The predicted octanol–water partition coefficient (Wildman–Crippen LogP) is 5.40. The average Bonchev–Trinajstić information content (AvgIpc) is 2.54. The fourth-order valence-corrected chi connectivity index (χ4v) is 4.87. The molecule has 146 valence electrons. The molecule has 0 radical (unpaired) electrons. The second-order valence-corrected chi connectivity index (χ2v) is 12.4. The summed E-state index contributed by atoms with van der Waals surface area (Å²) in [7, 11) is -0.876. The minimum absolute atomic E-state index is 0.141. The summed E-state index contributed by atoms with van der Waals surface area (Å²) in [6.45, 7) is 14.3. The van der Waals surface area contributed by atoms with Gasteiger partial charge in [-0.25, -0.2) is 0 Å². The molecule has 0 aromatic heterocycles. The molecule has 5 heteroatoms. The van der Waals surface area contributed by atoms with E-state index in [9.17, 15) is 9.67 Å². The van der Waals surface area contributed by atoms with Crippen molar-refractivity contribution in [2.75, 3.05) is 6.66 Å². The Balaban J connectivity index is 2.27. The smallest absolute Gasteiger partial charge is 0.243 e. The molecule has 2 aromatic rings. The van der Waals surface area contributed by atoms with Gasteiger partial charge in [0, 0.05) is 17.1 Å². The summed E-state index contributed by atoms with van der Waals surface area (Å²) >= 11 is 0. The molecule has 0 saturated heterocycles. The van der Waals surface area contributed by atoms with Crippen LogP contribution in [-0.2, 0) is 9.98 Å². The molecule has 0 saturated carbocycles. The summed E-state index contributed by atoms with van der Waals surface area (Å²) in [6, 6.07) is 15.1. The zero-order chi connectivity index (χ0) is 20.7. The molecule has 0 aliphatic rings. The van der Waals surface area contributed by atoms with Gasteiger partial charge in [0.25, 0.3) is 0 Å². The molecule has 2 rings (SSSR count). The monoisotopic (exact) mass is 386 g/mol. The van der Waals surface area contributed by atoms with Gasteiger partial charge in [0.15, 0.2) is 0 Å². The Labute approximate surface area is 165 Å². The molecular weight excluding hydrogens is 354 g/mol. The van der Waals surface area contributed by atoms with Gasteiger partial charge >= 0.3 is 0 Å². The van der Waals surface area contributed by atoms with E-state index in [1.165, 1.54) is 0 Å². The van der Waals surface area contributed by atoms with Crippen molar-refractivity contribution in [1.82, 2.24) is 0 Å². The summed E-state index contributed by atoms with van der Waals surface area (Å²) in [5, 5.41) is 9.06. The van der Waals surface area contributed by atoms with Crippen molar-refractivity contribution in [1.29, 1.82) is 0 Å². The van der Waals surface area contributed by atoms with Gasteiger partial charge in [-0.1, -0.05) is 65.8 Å². The van der Waals surface area contributed by atoms with Crippen molar-refractivity contribution in [3.05, 3.63) is 59.7 Å². The highest BCUT2D eigenvalue weighted by Crippen LogP contribution is 2.60. The Hall–Kier alpha value is -1.67. The van der Waals surface area contributed by atoms with Gasteiger partial charge in [0.2, 0.25) is 7.37 Å². The summed E-state index contributed by atoms with van der Waals surface area (Å²) < 4.78 is 19.3. The Kier molecular flexibility index (Phi) is 5.65. The van der Waals surface area contributed by atoms with Crippen LogP contribution in [0, 0.1) is 5.41 Å². The number of phenolic OH excluding ortho intramolecular Hbond substituents is 1. The zero-order valence-corrected chi connectivity index (χ0v) is 18.7. The molecule has 0 heterocycles. The Morgan fingerprint density at radius 2 is 1.26 bits per heavy atom. The number of rotatable bonds is 5. The maximum Gasteiger partial charge on any atom is 0.243 e. The lowest BCUT2D eigenvalue weighted by Gasteiger charge is -2.42. The topological polar surface area (TPSA) is 46.5 Å². The number of hydrogen-bond donors (Lipinski definition) is 1. The van der Waals surface area contributed by atoms with Crippen molar-refractivity contribution in [3.63, 3.8) is 0 Å². The second-order valence-electron chi connectivity index (χ2n) is 9.44. The second kappa shape index (κ2) is 7.06. The van der Waals surface area contributed by atoms with Crippen LogP contribution < -0.4 is 4.52 Å². The molecule has 0 aliphatic carbocycles. The van der Waals surface area contributed by atoms with Crippen LogP contribution in [0.4, 0.5) is 0 Å². The molecular formula is C22H32BO3P. The first kappa shape index (κ1) is 21.6. The molecule has 0 bridgehead atoms. The normalized spacial score (nSPS) is 17.0. The molecule has 1 N–H and O–H groups in total. The van der Waals surface area contributed by atoms with Gasteiger partial charge in [-0.3, -0.25) is 4.57 Å². The predicted molar refractivity (Wildman–Crippen MR) is 117 cm³/mol. The molecule has 0 fully saturated rings. The van der Waals surface area contributed by atoms with Crippen LogP contribution in [0.15, 0.2) is 48.5 Å². The summed E-state index contributed by atoms with van der Waals surface area (Å²) in [5.41, 5.74) is 1.89. The SMILES string of the molecule is BC(C)(C(C)(C)C)P(C)(=O)Oc1ccc(C(C)(C)c2ccc(O)cc2)cc1. The van der Waals surface area contributed by atoms with E-state index < -0.39 is 12.4 Å². The minimum atomic E-state index is -2.89. The number of phenols is 1. The highest BCUT2D eigenvalue weighted by Gasteiger charge is 2.47. The third-order valence-electron chi connectivity index (χ3n) is 6.30. The quantitative estimate of drug-likeness (QED) is 0.553. The summed E-state index contributed by atoms with van der Waals surface area (Å²) in [4.78, 5) is 0. The van der Waals surface area contributed by atoms with Crippen molar-refractivity contribution >= 4 is 15.2 Å². The van der Waals surface area contributed by atoms with E-state index in [0.717, 1.165) is 11.1 Å². The summed E-state index contributed by atoms with van der Waals surface area (Å²) in [5.74, 6) is 0.891. The minimum Gasteiger partial charge on any atom is -0.508 e. The highest BCUT2D eigenvalue weighted by molar-refractivity contribution is 7.62. The number of hydrogen-bond acceptors (Lipinski definition) is 3. The van der Waals surface area contributed by atoms with Crippen LogP contribution in [0.5, 0.6) is 11.5 Å². The molecule has 2 atom stereocenters. The van der Waals surface area contributed by atoms with Crippen molar-refractivity contribution in [2.45, 2.75) is 52.0 Å². The van der Waals surface area contributed by atoms with Crippen LogP contribution in [0.3, 0.4) is 0 Å². The number of aromatic hydroxyl groups is 1. The van der Waals surface area contributed by atoms with Gasteiger partial charge in [-0.2, -0.15) is 0 Å². The third kappa shape index (κ3) is 4.27. The first-order valence-corrected chi connectivity index (χ1v) is 11.4. The van der Waals surface area contributed by atoms with E-state index in [0.29, 0.717) is 5.75 Å². The molecule has 3 nitrogen and oxygen atoms in total. The van der Waals surface area contributed by atoms with E-state index in [1.807, 2.05) is 51.2 Å². The highest BCUT2D eigenvalue weighted by atomic mass is 31.2. The maximum absolute atomic E-state index is 13.3.